The van der Waals surface area contributed by atoms with E-state index in [-0.39, 0.29) is 6.04 Å². The molecular weight excluding hydrogens is 342 g/mol. The zero-order valence-electron chi connectivity index (χ0n) is 13.5. The number of hydrogen-bond acceptors (Lipinski definition) is 4. The van der Waals surface area contributed by atoms with Crippen molar-refractivity contribution in [2.45, 2.75) is 31.7 Å². The number of fused-ring (bicyclic) bond motifs is 2. The molecule has 130 valence electrons. The van der Waals surface area contributed by atoms with E-state index in [0.29, 0.717) is 22.5 Å². The van der Waals surface area contributed by atoms with Gasteiger partial charge in [-0.2, -0.15) is 0 Å². The van der Waals surface area contributed by atoms with Gasteiger partial charge in [-0.3, -0.25) is 24.8 Å². The molecule has 4 atom stereocenters. The lowest BCUT2D eigenvalue weighted by Crippen LogP contribution is -2.62. The second-order valence-electron chi connectivity index (χ2n) is 6.98. The van der Waals surface area contributed by atoms with Gasteiger partial charge in [0.2, 0.25) is 11.8 Å². The first kappa shape index (κ1) is 16.3. The monoisotopic (exact) mass is 359 g/mol. The van der Waals surface area contributed by atoms with Gasteiger partial charge in [0.1, 0.15) is 0 Å². The zero-order chi connectivity index (χ0) is 17.6. The second-order valence-corrected chi connectivity index (χ2v) is 7.42. The van der Waals surface area contributed by atoms with Crippen molar-refractivity contribution in [2.24, 2.45) is 22.7 Å². The summed E-state index contributed by atoms with van der Waals surface area (Å²) < 4.78 is 0. The number of amides is 4. The molecule has 25 heavy (non-hydrogen) atoms. The highest BCUT2D eigenvalue weighted by Crippen LogP contribution is 2.47. The average Bonchev–Trinajstić information content (AvgIpc) is 3.17. The lowest BCUT2D eigenvalue weighted by molar-refractivity contribution is -0.141. The van der Waals surface area contributed by atoms with Crippen molar-refractivity contribution < 1.29 is 14.4 Å². The van der Waals surface area contributed by atoms with Crippen molar-refractivity contribution in [2.75, 3.05) is 0 Å². The van der Waals surface area contributed by atoms with Crippen LogP contribution in [0.15, 0.2) is 29.3 Å². The van der Waals surface area contributed by atoms with Crippen LogP contribution in [0.3, 0.4) is 0 Å². The van der Waals surface area contributed by atoms with Gasteiger partial charge < -0.3 is 0 Å². The number of carbonyl (C=O) groups excluding carboxylic acids is 3. The molecule has 0 aromatic heterocycles. The number of nitrogens with zero attached hydrogens (tertiary/aromatic N) is 2. The first-order valence-electron chi connectivity index (χ1n) is 8.50. The van der Waals surface area contributed by atoms with Crippen LogP contribution in [0.25, 0.3) is 0 Å². The van der Waals surface area contributed by atoms with Gasteiger partial charge in [0.15, 0.2) is 5.92 Å². The number of imide groups is 2. The number of urea groups is 1. The van der Waals surface area contributed by atoms with Gasteiger partial charge in [-0.05, 0) is 49.3 Å². The summed E-state index contributed by atoms with van der Waals surface area (Å²) in [4.78, 5) is 42.7. The van der Waals surface area contributed by atoms with E-state index in [0.717, 1.165) is 19.3 Å². The molecule has 4 rings (SSSR count). The highest BCUT2D eigenvalue weighted by molar-refractivity contribution is 6.30. The predicted molar refractivity (Wildman–Crippen MR) is 92.7 cm³/mol. The molecule has 1 aromatic rings. The number of aliphatic imine (C=N–C) groups is 1. The Hall–Kier alpha value is -2.21. The normalized spacial score (nSPS) is 31.9. The number of barbiturate groups is 1. The zero-order valence-corrected chi connectivity index (χ0v) is 14.3. The maximum atomic E-state index is 12.8. The van der Waals surface area contributed by atoms with Crippen LogP contribution in [0.2, 0.25) is 5.02 Å². The molecule has 3 fully saturated rings. The summed E-state index contributed by atoms with van der Waals surface area (Å²) in [5.74, 6) is -1.24. The van der Waals surface area contributed by atoms with Crippen LogP contribution in [0, 0.1) is 17.8 Å². The van der Waals surface area contributed by atoms with Crippen LogP contribution in [-0.4, -0.2) is 35.0 Å². The van der Waals surface area contributed by atoms with E-state index in [4.69, 9.17) is 11.6 Å². The quantitative estimate of drug-likeness (QED) is 0.665. The Labute approximate surface area is 150 Å². The molecule has 2 bridgehead atoms. The molecule has 0 spiro atoms. The lowest BCUT2D eigenvalue weighted by Gasteiger charge is -2.36. The van der Waals surface area contributed by atoms with Gasteiger partial charge in [0.05, 0.1) is 5.69 Å². The molecule has 4 amide bonds. The fraction of sp³-hybridized carbons (Fsp3) is 0.444. The molecule has 6 nitrogen and oxygen atoms in total. The Morgan fingerprint density at radius 1 is 1.20 bits per heavy atom. The highest BCUT2D eigenvalue weighted by Gasteiger charge is 2.50. The summed E-state index contributed by atoms with van der Waals surface area (Å²) in [7, 11) is 0. The van der Waals surface area contributed by atoms with E-state index in [2.05, 4.69) is 10.3 Å². The number of halogens is 1. The number of rotatable bonds is 3. The Morgan fingerprint density at radius 3 is 2.72 bits per heavy atom. The van der Waals surface area contributed by atoms with Crippen molar-refractivity contribution >= 4 is 41.3 Å². The second kappa shape index (κ2) is 6.26. The van der Waals surface area contributed by atoms with Crippen LogP contribution in [-0.2, 0) is 9.59 Å². The largest absolute Gasteiger partial charge is 0.331 e. The first-order chi connectivity index (χ1) is 12.0. The van der Waals surface area contributed by atoms with Crippen LogP contribution in [0.4, 0.5) is 10.5 Å². The minimum atomic E-state index is -1.09. The van der Waals surface area contributed by atoms with E-state index in [1.165, 1.54) is 17.5 Å². The lowest BCUT2D eigenvalue weighted by atomic mass is 9.92. The molecule has 3 aliphatic rings. The minimum absolute atomic E-state index is 0.0959. The van der Waals surface area contributed by atoms with Gasteiger partial charge in [-0.15, -0.1) is 0 Å². The minimum Gasteiger partial charge on any atom is -0.277 e. The molecule has 1 saturated heterocycles. The summed E-state index contributed by atoms with van der Waals surface area (Å²) in [6.07, 6.45) is 5.42. The first-order valence-corrected chi connectivity index (χ1v) is 8.88. The van der Waals surface area contributed by atoms with Crippen molar-refractivity contribution in [3.8, 4) is 0 Å². The van der Waals surface area contributed by atoms with Crippen molar-refractivity contribution in [3.63, 3.8) is 0 Å². The van der Waals surface area contributed by atoms with E-state index in [1.807, 2.05) is 0 Å². The van der Waals surface area contributed by atoms with Gasteiger partial charge in [0.25, 0.3) is 0 Å². The molecule has 1 aliphatic heterocycles. The Bertz CT molecular complexity index is 779. The molecule has 0 radical (unpaired) electrons. The Morgan fingerprint density at radius 2 is 2.04 bits per heavy atom. The molecule has 0 unspecified atom stereocenters. The van der Waals surface area contributed by atoms with E-state index in [9.17, 15) is 14.4 Å². The van der Waals surface area contributed by atoms with Crippen molar-refractivity contribution in [3.05, 3.63) is 29.3 Å². The van der Waals surface area contributed by atoms with Crippen LogP contribution < -0.4 is 5.32 Å². The topological polar surface area (TPSA) is 78.8 Å². The molecule has 1 heterocycles. The van der Waals surface area contributed by atoms with Crippen molar-refractivity contribution in [1.82, 2.24) is 10.2 Å². The third kappa shape index (κ3) is 2.95. The molecule has 2 saturated carbocycles. The van der Waals surface area contributed by atoms with E-state index >= 15 is 0 Å². The predicted octanol–water partition coefficient (Wildman–Crippen LogP) is 2.93. The number of nitrogens with one attached hydrogen (secondary N) is 1. The standard InChI is InChI=1S/C18H18ClN3O3/c19-12-2-1-3-13(8-12)20-9-14-16(23)21-18(25)22(17(14)24)15-7-10-4-5-11(15)6-10/h1-3,8-11,14-15H,4-7H2,(H,21,23,25)/t10-,11-,14+,15+/m0/s1. The summed E-state index contributed by atoms with van der Waals surface area (Å²) in [5.41, 5.74) is 0.552. The van der Waals surface area contributed by atoms with Gasteiger partial charge in [0, 0.05) is 17.3 Å². The summed E-state index contributed by atoms with van der Waals surface area (Å²) >= 11 is 5.92. The third-order valence-electron chi connectivity index (χ3n) is 5.45. The van der Waals surface area contributed by atoms with Crippen LogP contribution in [0.1, 0.15) is 25.7 Å². The molecule has 1 N–H and O–H groups in total. The van der Waals surface area contributed by atoms with Gasteiger partial charge in [-0.1, -0.05) is 24.1 Å². The SMILES string of the molecule is O=C1NC(=O)N([C@@H]2C[C@H]3CC[C@H]2C3)C(=O)[C@@H]1C=Nc1cccc(Cl)c1. The Balaban J connectivity index is 1.56. The van der Waals surface area contributed by atoms with Crippen molar-refractivity contribution in [1.29, 1.82) is 0 Å². The highest BCUT2D eigenvalue weighted by atomic mass is 35.5. The van der Waals surface area contributed by atoms with Gasteiger partial charge >= 0.3 is 6.03 Å². The smallest absolute Gasteiger partial charge is 0.277 e. The van der Waals surface area contributed by atoms with E-state index in [1.54, 1.807) is 24.3 Å². The fourth-order valence-electron chi connectivity index (χ4n) is 4.30. The summed E-state index contributed by atoms with van der Waals surface area (Å²) in [5, 5.41) is 2.82. The average molecular weight is 360 g/mol. The summed E-state index contributed by atoms with van der Waals surface area (Å²) in [6.45, 7) is 0. The maximum absolute atomic E-state index is 12.8. The third-order valence-corrected chi connectivity index (χ3v) is 5.68. The molecular formula is C18H18ClN3O3. The summed E-state index contributed by atoms with van der Waals surface area (Å²) in [6, 6.07) is 6.13. The number of hydrogen-bond donors (Lipinski definition) is 1. The number of benzene rings is 1. The Kier molecular flexibility index (Phi) is 4.07. The van der Waals surface area contributed by atoms with Gasteiger partial charge in [-0.25, -0.2) is 4.79 Å². The van der Waals surface area contributed by atoms with Crippen LogP contribution >= 0.6 is 11.6 Å². The molecule has 7 heteroatoms. The molecule has 2 aliphatic carbocycles. The molecule has 1 aromatic carbocycles. The fourth-order valence-corrected chi connectivity index (χ4v) is 4.48. The van der Waals surface area contributed by atoms with E-state index < -0.39 is 23.8 Å². The van der Waals surface area contributed by atoms with Crippen LogP contribution in [0.5, 0.6) is 0 Å². The number of carbonyl (C=O) groups is 3. The maximum Gasteiger partial charge on any atom is 0.331 e.